The molecular formula is C19H28ClN3O3. The third-order valence-corrected chi connectivity index (χ3v) is 4.86. The average molecular weight is 382 g/mol. The quantitative estimate of drug-likeness (QED) is 0.859. The molecule has 2 aliphatic heterocycles. The molecule has 1 aromatic rings. The number of rotatable bonds is 4. The Balaban J connectivity index is 0.00000243. The van der Waals surface area contributed by atoms with Crippen molar-refractivity contribution in [3.05, 3.63) is 29.3 Å². The first kappa shape index (κ1) is 20.5. The summed E-state index contributed by atoms with van der Waals surface area (Å²) in [6.45, 7) is 7.35. The molecule has 6 nitrogen and oxygen atoms in total. The molecule has 2 heterocycles. The lowest BCUT2D eigenvalue weighted by Gasteiger charge is -2.35. The van der Waals surface area contributed by atoms with Crippen molar-refractivity contribution in [3.8, 4) is 5.75 Å². The number of carbonyl (C=O) groups is 2. The maximum Gasteiger partial charge on any atom is 0.260 e. The van der Waals surface area contributed by atoms with E-state index in [1.165, 1.54) is 0 Å². The highest BCUT2D eigenvalue weighted by molar-refractivity contribution is 5.85. The fourth-order valence-corrected chi connectivity index (χ4v) is 3.54. The van der Waals surface area contributed by atoms with Gasteiger partial charge in [-0.15, -0.1) is 12.4 Å². The van der Waals surface area contributed by atoms with Gasteiger partial charge in [0.25, 0.3) is 5.91 Å². The monoisotopic (exact) mass is 381 g/mol. The molecule has 2 fully saturated rings. The van der Waals surface area contributed by atoms with Crippen LogP contribution in [0.15, 0.2) is 18.2 Å². The lowest BCUT2D eigenvalue weighted by atomic mass is 10.1. The number of hydrogen-bond acceptors (Lipinski definition) is 4. The maximum absolute atomic E-state index is 12.4. The van der Waals surface area contributed by atoms with Crippen LogP contribution in [0.4, 0.5) is 0 Å². The van der Waals surface area contributed by atoms with Crippen LogP contribution in [0, 0.1) is 13.8 Å². The van der Waals surface area contributed by atoms with Gasteiger partial charge in [-0.3, -0.25) is 9.59 Å². The summed E-state index contributed by atoms with van der Waals surface area (Å²) in [6, 6.07) is 5.91. The van der Waals surface area contributed by atoms with Gasteiger partial charge in [-0.1, -0.05) is 6.07 Å². The van der Waals surface area contributed by atoms with Crippen molar-refractivity contribution in [3.63, 3.8) is 0 Å². The molecule has 144 valence electrons. The predicted octanol–water partition coefficient (Wildman–Crippen LogP) is 1.53. The van der Waals surface area contributed by atoms with Crippen molar-refractivity contribution in [2.24, 2.45) is 0 Å². The number of nitrogens with one attached hydrogen (secondary N) is 1. The van der Waals surface area contributed by atoms with Crippen LogP contribution in [0.1, 0.15) is 24.0 Å². The van der Waals surface area contributed by atoms with Crippen molar-refractivity contribution >= 4 is 24.2 Å². The number of amides is 2. The number of hydrogen-bond donors (Lipinski definition) is 1. The summed E-state index contributed by atoms with van der Waals surface area (Å²) in [4.78, 5) is 28.4. The number of ether oxygens (including phenoxy) is 1. The van der Waals surface area contributed by atoms with Gasteiger partial charge in [-0.2, -0.15) is 0 Å². The molecule has 1 unspecified atom stereocenters. The largest absolute Gasteiger partial charge is 0.484 e. The molecule has 1 N–H and O–H groups in total. The first-order chi connectivity index (χ1) is 12.0. The summed E-state index contributed by atoms with van der Waals surface area (Å²) in [6.07, 6.45) is 1.98. The Hall–Kier alpha value is -1.79. The normalized spacial score (nSPS) is 19.8. The smallest absolute Gasteiger partial charge is 0.260 e. The van der Waals surface area contributed by atoms with Gasteiger partial charge in [0, 0.05) is 26.2 Å². The van der Waals surface area contributed by atoms with E-state index in [-0.39, 0.29) is 36.9 Å². The lowest BCUT2D eigenvalue weighted by Crippen LogP contribution is -2.54. The van der Waals surface area contributed by atoms with Gasteiger partial charge in [-0.05, 0) is 56.5 Å². The summed E-state index contributed by atoms with van der Waals surface area (Å²) >= 11 is 0. The highest BCUT2D eigenvalue weighted by Gasteiger charge is 2.30. The molecule has 0 radical (unpaired) electrons. The molecular weight excluding hydrogens is 354 g/mol. The SMILES string of the molecule is Cc1cc(C)cc(OCC(=O)N2CCN(C(=O)C3CCCN3)CC2)c1.Cl. The van der Waals surface area contributed by atoms with Crippen molar-refractivity contribution in [2.45, 2.75) is 32.7 Å². The number of nitrogens with zero attached hydrogens (tertiary/aromatic N) is 2. The van der Waals surface area contributed by atoms with Crippen LogP contribution in [-0.2, 0) is 9.59 Å². The van der Waals surface area contributed by atoms with E-state index in [0.717, 1.165) is 36.3 Å². The van der Waals surface area contributed by atoms with Gasteiger partial charge in [0.2, 0.25) is 5.91 Å². The minimum absolute atomic E-state index is 0. The molecule has 3 rings (SSSR count). The molecule has 0 aromatic heterocycles. The Morgan fingerprint density at radius 3 is 2.27 bits per heavy atom. The van der Waals surface area contributed by atoms with Gasteiger partial charge < -0.3 is 19.9 Å². The van der Waals surface area contributed by atoms with Crippen molar-refractivity contribution in [1.82, 2.24) is 15.1 Å². The van der Waals surface area contributed by atoms with Crippen molar-refractivity contribution in [1.29, 1.82) is 0 Å². The zero-order valence-corrected chi connectivity index (χ0v) is 16.3. The standard InChI is InChI=1S/C19H27N3O3.ClH/c1-14-10-15(2)12-16(11-14)25-13-18(23)21-6-8-22(9-7-21)19(24)17-4-3-5-20-17;/h10-12,17,20H,3-9,13H2,1-2H3;1H. The highest BCUT2D eigenvalue weighted by Crippen LogP contribution is 2.16. The van der Waals surface area contributed by atoms with Crippen LogP contribution >= 0.6 is 12.4 Å². The maximum atomic E-state index is 12.4. The highest BCUT2D eigenvalue weighted by atomic mass is 35.5. The van der Waals surface area contributed by atoms with E-state index in [0.29, 0.717) is 26.2 Å². The van der Waals surface area contributed by atoms with Crippen LogP contribution < -0.4 is 10.1 Å². The Labute approximate surface area is 161 Å². The van der Waals surface area contributed by atoms with Crippen LogP contribution in [0.5, 0.6) is 5.75 Å². The second kappa shape index (κ2) is 9.24. The second-order valence-electron chi connectivity index (χ2n) is 6.97. The number of carbonyl (C=O) groups excluding carboxylic acids is 2. The third kappa shape index (κ3) is 5.11. The number of piperazine rings is 1. The van der Waals surface area contributed by atoms with Gasteiger partial charge in [0.05, 0.1) is 6.04 Å². The van der Waals surface area contributed by atoms with Gasteiger partial charge in [0.15, 0.2) is 6.61 Å². The molecule has 2 amide bonds. The summed E-state index contributed by atoms with van der Waals surface area (Å²) in [5, 5.41) is 3.24. The number of aryl methyl sites for hydroxylation is 2. The van der Waals surface area contributed by atoms with E-state index in [2.05, 4.69) is 11.4 Å². The van der Waals surface area contributed by atoms with Gasteiger partial charge >= 0.3 is 0 Å². The van der Waals surface area contributed by atoms with E-state index >= 15 is 0 Å². The summed E-state index contributed by atoms with van der Waals surface area (Å²) in [5.41, 5.74) is 2.24. The van der Waals surface area contributed by atoms with E-state index in [9.17, 15) is 9.59 Å². The fraction of sp³-hybridized carbons (Fsp3) is 0.579. The summed E-state index contributed by atoms with van der Waals surface area (Å²) < 4.78 is 5.66. The van der Waals surface area contributed by atoms with E-state index < -0.39 is 0 Å². The molecule has 0 spiro atoms. The average Bonchev–Trinajstić information content (AvgIpc) is 3.13. The molecule has 0 aliphatic carbocycles. The Morgan fingerprint density at radius 1 is 1.08 bits per heavy atom. The van der Waals surface area contributed by atoms with Gasteiger partial charge in [-0.25, -0.2) is 0 Å². The Morgan fingerprint density at radius 2 is 1.69 bits per heavy atom. The first-order valence-corrected chi connectivity index (χ1v) is 9.04. The molecule has 1 atom stereocenters. The van der Waals surface area contributed by atoms with Crippen molar-refractivity contribution < 1.29 is 14.3 Å². The molecule has 26 heavy (non-hydrogen) atoms. The predicted molar refractivity (Wildman–Crippen MR) is 103 cm³/mol. The minimum atomic E-state index is -0.0323. The van der Waals surface area contributed by atoms with E-state index in [4.69, 9.17) is 4.74 Å². The second-order valence-corrected chi connectivity index (χ2v) is 6.97. The topological polar surface area (TPSA) is 61.9 Å². The molecule has 0 bridgehead atoms. The molecule has 7 heteroatoms. The summed E-state index contributed by atoms with van der Waals surface area (Å²) in [5.74, 6) is 0.883. The first-order valence-electron chi connectivity index (χ1n) is 9.04. The van der Waals surface area contributed by atoms with Crippen molar-refractivity contribution in [2.75, 3.05) is 39.3 Å². The zero-order valence-electron chi connectivity index (χ0n) is 15.5. The zero-order chi connectivity index (χ0) is 17.8. The van der Waals surface area contributed by atoms with E-state index in [1.807, 2.05) is 30.9 Å². The fourth-order valence-electron chi connectivity index (χ4n) is 3.54. The lowest BCUT2D eigenvalue weighted by molar-refractivity contribution is -0.141. The van der Waals surface area contributed by atoms with Gasteiger partial charge in [0.1, 0.15) is 5.75 Å². The molecule has 2 saturated heterocycles. The molecule has 0 saturated carbocycles. The number of benzene rings is 1. The Kier molecular flexibility index (Phi) is 7.29. The van der Waals surface area contributed by atoms with Crippen LogP contribution in [0.3, 0.4) is 0 Å². The summed E-state index contributed by atoms with van der Waals surface area (Å²) in [7, 11) is 0. The Bertz CT molecular complexity index is 619. The van der Waals surface area contributed by atoms with Crippen LogP contribution in [0.25, 0.3) is 0 Å². The van der Waals surface area contributed by atoms with E-state index in [1.54, 1.807) is 4.90 Å². The minimum Gasteiger partial charge on any atom is -0.484 e. The third-order valence-electron chi connectivity index (χ3n) is 4.86. The van der Waals surface area contributed by atoms with Crippen LogP contribution in [-0.4, -0.2) is 67.0 Å². The molecule has 2 aliphatic rings. The van der Waals surface area contributed by atoms with Crippen LogP contribution in [0.2, 0.25) is 0 Å². The molecule has 1 aromatic carbocycles. The number of halogens is 1.